The number of amides is 1. The molecule has 4 heterocycles. The van der Waals surface area contributed by atoms with Gasteiger partial charge in [0.05, 0.1) is 24.5 Å². The van der Waals surface area contributed by atoms with Gasteiger partial charge in [-0.25, -0.2) is 13.9 Å². The summed E-state index contributed by atoms with van der Waals surface area (Å²) in [6.45, 7) is 5.90. The molecule has 2 bridgehead atoms. The number of nitrogens with one attached hydrogen (secondary N) is 2. The number of benzene rings is 1. The summed E-state index contributed by atoms with van der Waals surface area (Å²) in [5.41, 5.74) is 3.59. The summed E-state index contributed by atoms with van der Waals surface area (Å²) in [6.07, 6.45) is 4.67. The molecule has 1 aliphatic heterocycles. The molecule has 0 fully saturated rings. The molecule has 0 radical (unpaired) electrons. The number of rotatable bonds is 1. The molecule has 170 valence electrons. The van der Waals surface area contributed by atoms with Crippen molar-refractivity contribution in [3.63, 3.8) is 0 Å². The van der Waals surface area contributed by atoms with E-state index in [1.165, 1.54) is 18.3 Å². The first-order chi connectivity index (χ1) is 15.8. The molecule has 0 unspecified atom stereocenters. The van der Waals surface area contributed by atoms with Gasteiger partial charge < -0.3 is 15.4 Å². The normalized spacial score (nSPS) is 18.5. The fraction of sp³-hybridized carbons (Fsp3) is 0.304. The molecule has 10 heteroatoms. The molecule has 0 spiro atoms. The SMILES string of the molecule is Cc1nn(C)cc1-c1cc(F)cc2c1O[C@@H](C)CNC(=O)c1cnn3ccc(nc13)N[C@@H]2C. The molecule has 2 N–H and O–H groups in total. The summed E-state index contributed by atoms with van der Waals surface area (Å²) in [7, 11) is 1.82. The van der Waals surface area contributed by atoms with Crippen LogP contribution in [0.5, 0.6) is 5.75 Å². The van der Waals surface area contributed by atoms with Gasteiger partial charge in [-0.1, -0.05) is 0 Å². The Kier molecular flexibility index (Phi) is 4.99. The van der Waals surface area contributed by atoms with Crippen LogP contribution >= 0.6 is 0 Å². The lowest BCUT2D eigenvalue weighted by atomic mass is 9.98. The fourth-order valence-corrected chi connectivity index (χ4v) is 4.12. The molecule has 9 nitrogen and oxygen atoms in total. The molecule has 2 atom stereocenters. The largest absolute Gasteiger partial charge is 0.488 e. The number of fused-ring (bicyclic) bond motifs is 2. The minimum Gasteiger partial charge on any atom is -0.488 e. The van der Waals surface area contributed by atoms with E-state index < -0.39 is 0 Å². The lowest BCUT2D eigenvalue weighted by Crippen LogP contribution is -2.33. The van der Waals surface area contributed by atoms with Crippen molar-refractivity contribution in [2.75, 3.05) is 11.9 Å². The molecule has 3 aromatic heterocycles. The van der Waals surface area contributed by atoms with Gasteiger partial charge in [0.25, 0.3) is 5.91 Å². The first kappa shape index (κ1) is 20.9. The van der Waals surface area contributed by atoms with Crippen LogP contribution in [0.2, 0.25) is 0 Å². The second-order valence-corrected chi connectivity index (χ2v) is 8.32. The zero-order valence-corrected chi connectivity index (χ0v) is 18.8. The highest BCUT2D eigenvalue weighted by molar-refractivity contribution is 5.99. The van der Waals surface area contributed by atoms with Gasteiger partial charge in [0.1, 0.15) is 29.1 Å². The van der Waals surface area contributed by atoms with E-state index in [0.29, 0.717) is 33.9 Å². The van der Waals surface area contributed by atoms with Crippen LogP contribution in [0, 0.1) is 12.7 Å². The van der Waals surface area contributed by atoms with Crippen LogP contribution < -0.4 is 15.4 Å². The number of ether oxygens (including phenoxy) is 1. The molecule has 4 aromatic rings. The highest BCUT2D eigenvalue weighted by Gasteiger charge is 2.24. The molecule has 1 amide bonds. The first-order valence-electron chi connectivity index (χ1n) is 10.7. The summed E-state index contributed by atoms with van der Waals surface area (Å²) >= 11 is 0. The molecule has 33 heavy (non-hydrogen) atoms. The number of halogens is 1. The third kappa shape index (κ3) is 3.77. The maximum absolute atomic E-state index is 14.8. The second-order valence-electron chi connectivity index (χ2n) is 8.32. The standard InChI is InChI=1S/C23H24FN7O2/c1-12-9-25-23(32)18-10-26-31-6-5-20(28-22(18)31)27-13(2)16-7-15(24)8-17(21(16)33-12)19-11-30(4)29-14(19)3/h5-8,10-13H,9H2,1-4H3,(H,25,32)(H,27,28)/t12-,13+/m0/s1. The molecule has 0 aliphatic carbocycles. The maximum atomic E-state index is 14.8. The predicted octanol–water partition coefficient (Wildman–Crippen LogP) is 3.26. The van der Waals surface area contributed by atoms with Gasteiger partial charge in [-0.3, -0.25) is 9.48 Å². The Labute approximate surface area is 189 Å². The van der Waals surface area contributed by atoms with E-state index in [-0.39, 0.29) is 30.4 Å². The van der Waals surface area contributed by atoms with Crippen LogP contribution in [0.1, 0.15) is 41.5 Å². The van der Waals surface area contributed by atoms with Crippen molar-refractivity contribution in [3.8, 4) is 16.9 Å². The molecule has 0 saturated carbocycles. The van der Waals surface area contributed by atoms with E-state index >= 15 is 0 Å². The number of aromatic nitrogens is 5. The van der Waals surface area contributed by atoms with Gasteiger partial charge in [0.15, 0.2) is 5.65 Å². The minimum absolute atomic E-state index is 0.250. The Morgan fingerprint density at radius 2 is 2.03 bits per heavy atom. The molecule has 0 saturated heterocycles. The Balaban J connectivity index is 1.68. The average Bonchev–Trinajstić information content (AvgIpc) is 3.34. The van der Waals surface area contributed by atoms with Crippen LogP contribution in [0.25, 0.3) is 16.8 Å². The van der Waals surface area contributed by atoms with E-state index in [0.717, 1.165) is 11.3 Å². The maximum Gasteiger partial charge on any atom is 0.256 e. The van der Waals surface area contributed by atoms with Gasteiger partial charge in [-0.2, -0.15) is 10.2 Å². The summed E-state index contributed by atoms with van der Waals surface area (Å²) in [5, 5.41) is 14.8. The number of aryl methyl sites for hydroxylation is 2. The number of hydrogen-bond acceptors (Lipinski definition) is 6. The number of carbonyl (C=O) groups is 1. The van der Waals surface area contributed by atoms with Crippen molar-refractivity contribution >= 4 is 17.4 Å². The summed E-state index contributed by atoms with van der Waals surface area (Å²) in [4.78, 5) is 17.4. The third-order valence-electron chi connectivity index (χ3n) is 5.70. The van der Waals surface area contributed by atoms with Crippen molar-refractivity contribution in [1.82, 2.24) is 29.7 Å². The molecular weight excluding hydrogens is 425 g/mol. The molecule has 1 aromatic carbocycles. The highest BCUT2D eigenvalue weighted by atomic mass is 19.1. The van der Waals surface area contributed by atoms with Crippen molar-refractivity contribution in [1.29, 1.82) is 0 Å². The van der Waals surface area contributed by atoms with E-state index in [9.17, 15) is 9.18 Å². The van der Waals surface area contributed by atoms with Gasteiger partial charge in [-0.15, -0.1) is 0 Å². The number of nitrogens with zero attached hydrogens (tertiary/aromatic N) is 5. The fourth-order valence-electron chi connectivity index (χ4n) is 4.12. The zero-order chi connectivity index (χ0) is 23.3. The Morgan fingerprint density at radius 3 is 2.79 bits per heavy atom. The minimum atomic E-state index is -0.385. The smallest absolute Gasteiger partial charge is 0.256 e. The topological polar surface area (TPSA) is 98.4 Å². The number of anilines is 1. The van der Waals surface area contributed by atoms with E-state index in [4.69, 9.17) is 4.74 Å². The number of hydrogen-bond donors (Lipinski definition) is 2. The van der Waals surface area contributed by atoms with Gasteiger partial charge >= 0.3 is 0 Å². The molecule has 1 aliphatic rings. The summed E-state index contributed by atoms with van der Waals surface area (Å²) in [5.74, 6) is 0.403. The lowest BCUT2D eigenvalue weighted by Gasteiger charge is -2.24. The first-order valence-corrected chi connectivity index (χ1v) is 10.7. The van der Waals surface area contributed by atoms with Crippen molar-refractivity contribution < 1.29 is 13.9 Å². The van der Waals surface area contributed by atoms with Gasteiger partial charge in [0, 0.05) is 36.1 Å². The molecule has 5 rings (SSSR count). The Hall–Kier alpha value is -3.95. The average molecular weight is 449 g/mol. The summed E-state index contributed by atoms with van der Waals surface area (Å²) in [6, 6.07) is 4.34. The monoisotopic (exact) mass is 449 g/mol. The summed E-state index contributed by atoms with van der Waals surface area (Å²) < 4.78 is 24.4. The van der Waals surface area contributed by atoms with Gasteiger partial charge in [0.2, 0.25) is 0 Å². The van der Waals surface area contributed by atoms with Crippen LogP contribution in [-0.2, 0) is 7.05 Å². The third-order valence-corrected chi connectivity index (χ3v) is 5.70. The quantitative estimate of drug-likeness (QED) is 0.463. The second kappa shape index (κ2) is 7.88. The number of carbonyl (C=O) groups excluding carboxylic acids is 1. The van der Waals surface area contributed by atoms with Crippen molar-refractivity contribution in [2.24, 2.45) is 7.05 Å². The Bertz CT molecular complexity index is 1380. The van der Waals surface area contributed by atoms with E-state index in [1.807, 2.05) is 34.0 Å². The molecular formula is C23H24FN7O2. The lowest BCUT2D eigenvalue weighted by molar-refractivity contribution is 0.0933. The van der Waals surface area contributed by atoms with Crippen LogP contribution in [0.15, 0.2) is 36.8 Å². The van der Waals surface area contributed by atoms with Crippen molar-refractivity contribution in [2.45, 2.75) is 32.9 Å². The van der Waals surface area contributed by atoms with Gasteiger partial charge in [-0.05, 0) is 39.0 Å². The van der Waals surface area contributed by atoms with E-state index in [2.05, 4.69) is 25.8 Å². The van der Waals surface area contributed by atoms with E-state index in [1.54, 1.807) is 21.5 Å². The Morgan fingerprint density at radius 1 is 1.21 bits per heavy atom. The van der Waals surface area contributed by atoms with Crippen LogP contribution in [-0.4, -0.2) is 42.9 Å². The van der Waals surface area contributed by atoms with Crippen LogP contribution in [0.3, 0.4) is 0 Å². The predicted molar refractivity (Wildman–Crippen MR) is 121 cm³/mol. The van der Waals surface area contributed by atoms with Crippen molar-refractivity contribution in [3.05, 3.63) is 59.4 Å². The zero-order valence-electron chi connectivity index (χ0n) is 18.8. The highest BCUT2D eigenvalue weighted by Crippen LogP contribution is 2.40. The van der Waals surface area contributed by atoms with Crippen LogP contribution in [0.4, 0.5) is 10.2 Å².